The van der Waals surface area contributed by atoms with Crippen LogP contribution in [-0.2, 0) is 32.6 Å². The lowest BCUT2D eigenvalue weighted by atomic mass is 10.3. The quantitative estimate of drug-likeness (QED) is 0.496. The summed E-state index contributed by atoms with van der Waals surface area (Å²) in [5.74, 6) is -0.137. The number of thiophene rings is 2. The van der Waals surface area contributed by atoms with Gasteiger partial charge in [0.25, 0.3) is 0 Å². The summed E-state index contributed by atoms with van der Waals surface area (Å²) >= 11 is 3.34. The van der Waals surface area contributed by atoms with Crippen LogP contribution in [-0.4, -0.2) is 56.4 Å². The summed E-state index contributed by atoms with van der Waals surface area (Å²) in [4.78, 5) is 17.4. The van der Waals surface area contributed by atoms with E-state index in [1.54, 1.807) is 34.8 Å². The molecule has 1 aliphatic heterocycles. The first-order chi connectivity index (χ1) is 15.5. The van der Waals surface area contributed by atoms with Crippen molar-refractivity contribution >= 4 is 44.3 Å². The van der Waals surface area contributed by atoms with Gasteiger partial charge in [-0.05, 0) is 47.2 Å². The Kier molecular flexibility index (Phi) is 7.71. The fourth-order valence-corrected chi connectivity index (χ4v) is 6.36. The van der Waals surface area contributed by atoms with Crippen LogP contribution in [0.2, 0.25) is 0 Å². The number of hydrogen-bond donors (Lipinski definition) is 1. The minimum absolute atomic E-state index is 0.137. The molecule has 3 aromatic rings. The molecule has 1 saturated heterocycles. The number of carbonyl (C=O) groups is 1. The van der Waals surface area contributed by atoms with Crippen molar-refractivity contribution in [1.82, 2.24) is 9.21 Å². The van der Waals surface area contributed by atoms with Crippen LogP contribution in [0.25, 0.3) is 0 Å². The highest BCUT2D eigenvalue weighted by Crippen LogP contribution is 2.20. The molecule has 0 atom stereocenters. The van der Waals surface area contributed by atoms with E-state index in [9.17, 15) is 13.2 Å². The van der Waals surface area contributed by atoms with Gasteiger partial charge in [-0.3, -0.25) is 9.69 Å². The van der Waals surface area contributed by atoms with E-state index >= 15 is 0 Å². The van der Waals surface area contributed by atoms with Crippen molar-refractivity contribution < 1.29 is 17.9 Å². The molecular formula is C22H25N3O4S3. The minimum Gasteiger partial charge on any atom is -0.379 e. The van der Waals surface area contributed by atoms with Gasteiger partial charge in [0.2, 0.25) is 15.9 Å². The number of morpholine rings is 1. The Morgan fingerprint density at radius 3 is 2.09 bits per heavy atom. The van der Waals surface area contributed by atoms with E-state index in [0.717, 1.165) is 0 Å². The predicted molar refractivity (Wildman–Crippen MR) is 127 cm³/mol. The van der Waals surface area contributed by atoms with Crippen molar-refractivity contribution in [3.05, 3.63) is 69.0 Å². The molecule has 0 spiro atoms. The van der Waals surface area contributed by atoms with Crippen LogP contribution in [0, 0.1) is 0 Å². The van der Waals surface area contributed by atoms with E-state index in [0.29, 0.717) is 45.1 Å². The van der Waals surface area contributed by atoms with Gasteiger partial charge in [0.05, 0.1) is 24.7 Å². The van der Waals surface area contributed by atoms with Gasteiger partial charge in [-0.1, -0.05) is 12.1 Å². The number of sulfonamides is 1. The molecule has 0 aliphatic carbocycles. The third-order valence-electron chi connectivity index (χ3n) is 5.03. The average Bonchev–Trinajstić information content (AvgIpc) is 3.49. The molecule has 4 rings (SSSR count). The first-order valence-electron chi connectivity index (χ1n) is 10.3. The normalized spacial score (nSPS) is 15.2. The van der Waals surface area contributed by atoms with E-state index < -0.39 is 10.0 Å². The number of rotatable bonds is 9. The van der Waals surface area contributed by atoms with Gasteiger partial charge in [0.15, 0.2) is 0 Å². The van der Waals surface area contributed by atoms with Crippen LogP contribution >= 0.6 is 22.7 Å². The van der Waals surface area contributed by atoms with Crippen LogP contribution in [0.15, 0.2) is 64.2 Å². The van der Waals surface area contributed by atoms with Crippen molar-refractivity contribution in [2.24, 2.45) is 0 Å². The third-order valence-corrected chi connectivity index (χ3v) is 8.67. The van der Waals surface area contributed by atoms with Crippen molar-refractivity contribution in [3.63, 3.8) is 0 Å². The highest BCUT2D eigenvalue weighted by molar-refractivity contribution is 7.89. The van der Waals surface area contributed by atoms with E-state index in [4.69, 9.17) is 4.74 Å². The molecule has 0 bridgehead atoms. The molecule has 7 nitrogen and oxygen atoms in total. The SMILES string of the molecule is O=C(CN(Cc1cccs1)Cc1cccs1)Nc1ccc(S(=O)(=O)N2CCOCC2)cc1. The van der Waals surface area contributed by atoms with Gasteiger partial charge in [-0.25, -0.2) is 8.42 Å². The maximum atomic E-state index is 12.7. The monoisotopic (exact) mass is 491 g/mol. The van der Waals surface area contributed by atoms with Crippen LogP contribution in [0.1, 0.15) is 9.75 Å². The molecule has 32 heavy (non-hydrogen) atoms. The Labute approximate surface area is 196 Å². The summed E-state index contributed by atoms with van der Waals surface area (Å²) in [5.41, 5.74) is 0.572. The van der Waals surface area contributed by atoms with Gasteiger partial charge in [0.1, 0.15) is 0 Å². The number of benzene rings is 1. The van der Waals surface area contributed by atoms with Crippen molar-refractivity contribution in [1.29, 1.82) is 0 Å². The molecular weight excluding hydrogens is 466 g/mol. The third kappa shape index (κ3) is 6.03. The minimum atomic E-state index is -3.55. The molecule has 0 radical (unpaired) electrons. The van der Waals surface area contributed by atoms with Gasteiger partial charge in [-0.2, -0.15) is 4.31 Å². The molecule has 1 aliphatic rings. The van der Waals surface area contributed by atoms with Gasteiger partial charge in [0, 0.05) is 41.6 Å². The Balaban J connectivity index is 1.38. The number of nitrogens with one attached hydrogen (secondary N) is 1. The van der Waals surface area contributed by atoms with E-state index in [1.807, 2.05) is 22.9 Å². The van der Waals surface area contributed by atoms with Crippen LogP contribution < -0.4 is 5.32 Å². The van der Waals surface area contributed by atoms with Gasteiger partial charge in [-0.15, -0.1) is 22.7 Å². The summed E-state index contributed by atoms with van der Waals surface area (Å²) in [6, 6.07) is 14.5. The zero-order valence-corrected chi connectivity index (χ0v) is 19.9. The molecule has 10 heteroatoms. The first-order valence-corrected chi connectivity index (χ1v) is 13.5. The summed E-state index contributed by atoms with van der Waals surface area (Å²) in [6.07, 6.45) is 0. The molecule has 0 unspecified atom stereocenters. The first kappa shape index (κ1) is 23.1. The fraction of sp³-hybridized carbons (Fsp3) is 0.318. The number of amides is 1. The Bertz CT molecular complexity index is 1060. The molecule has 3 heterocycles. The summed E-state index contributed by atoms with van der Waals surface area (Å²) in [5, 5.41) is 6.95. The molecule has 1 aromatic carbocycles. The average molecular weight is 492 g/mol. The lowest BCUT2D eigenvalue weighted by molar-refractivity contribution is -0.117. The predicted octanol–water partition coefficient (Wildman–Crippen LogP) is 3.47. The van der Waals surface area contributed by atoms with Crippen molar-refractivity contribution in [2.45, 2.75) is 18.0 Å². The molecule has 170 valence electrons. The molecule has 1 N–H and O–H groups in total. The topological polar surface area (TPSA) is 79.0 Å². The van der Waals surface area contributed by atoms with Crippen molar-refractivity contribution in [3.8, 4) is 0 Å². The summed E-state index contributed by atoms with van der Waals surface area (Å²) in [6.45, 7) is 3.14. The van der Waals surface area contributed by atoms with Crippen LogP contribution in [0.3, 0.4) is 0 Å². The molecule has 1 amide bonds. The number of nitrogens with zero attached hydrogens (tertiary/aromatic N) is 2. The maximum absolute atomic E-state index is 12.7. The zero-order valence-electron chi connectivity index (χ0n) is 17.5. The lowest BCUT2D eigenvalue weighted by Crippen LogP contribution is -2.40. The Morgan fingerprint density at radius 1 is 0.969 bits per heavy atom. The second-order valence-corrected chi connectivity index (χ2v) is 11.4. The van der Waals surface area contributed by atoms with Crippen molar-refractivity contribution in [2.75, 3.05) is 38.2 Å². The maximum Gasteiger partial charge on any atom is 0.243 e. The van der Waals surface area contributed by atoms with E-state index in [2.05, 4.69) is 22.3 Å². The van der Waals surface area contributed by atoms with Crippen LogP contribution in [0.5, 0.6) is 0 Å². The Hall–Kier alpha value is -2.08. The smallest absolute Gasteiger partial charge is 0.243 e. The molecule has 1 fully saturated rings. The highest BCUT2D eigenvalue weighted by Gasteiger charge is 2.26. The number of anilines is 1. The standard InChI is InChI=1S/C22H25N3O4S3/c26-22(17-24(15-19-3-1-13-30-19)16-20-4-2-14-31-20)23-18-5-7-21(8-6-18)32(27,28)25-9-11-29-12-10-25/h1-8,13-14H,9-12,15-17H2,(H,23,26). The van der Waals surface area contributed by atoms with E-state index in [-0.39, 0.29) is 17.3 Å². The van der Waals surface area contributed by atoms with Crippen LogP contribution in [0.4, 0.5) is 5.69 Å². The van der Waals surface area contributed by atoms with E-state index in [1.165, 1.54) is 26.2 Å². The fourth-order valence-electron chi connectivity index (χ4n) is 3.46. The summed E-state index contributed by atoms with van der Waals surface area (Å²) in [7, 11) is -3.55. The molecule has 0 saturated carbocycles. The number of carbonyl (C=O) groups excluding carboxylic acids is 1. The zero-order chi connectivity index (χ0) is 22.4. The Morgan fingerprint density at radius 2 is 1.56 bits per heavy atom. The number of ether oxygens (including phenoxy) is 1. The second kappa shape index (κ2) is 10.7. The van der Waals surface area contributed by atoms with Gasteiger partial charge >= 0.3 is 0 Å². The van der Waals surface area contributed by atoms with Gasteiger partial charge < -0.3 is 10.1 Å². The largest absolute Gasteiger partial charge is 0.379 e. The second-order valence-electron chi connectivity index (χ2n) is 7.39. The summed E-state index contributed by atoms with van der Waals surface area (Å²) < 4.78 is 32.2. The number of hydrogen-bond acceptors (Lipinski definition) is 7. The lowest BCUT2D eigenvalue weighted by Gasteiger charge is -2.26. The molecule has 2 aromatic heterocycles. The highest BCUT2D eigenvalue weighted by atomic mass is 32.2.